The van der Waals surface area contributed by atoms with Gasteiger partial charge in [-0.15, -0.1) is 22.7 Å². The maximum atomic E-state index is 12.6. The summed E-state index contributed by atoms with van der Waals surface area (Å²) in [6.45, 7) is 5.07. The number of carbonyl (C=O) groups is 1. The lowest BCUT2D eigenvalue weighted by Crippen LogP contribution is -2.30. The van der Waals surface area contributed by atoms with E-state index in [1.54, 1.807) is 30.4 Å². The Kier molecular flexibility index (Phi) is 8.50. The first-order valence-electron chi connectivity index (χ1n) is 8.04. The highest BCUT2D eigenvalue weighted by molar-refractivity contribution is 7.22. The Hall–Kier alpha value is -1.32. The largest absolute Gasteiger partial charge is 0.382 e. The molecule has 2 heterocycles. The molecule has 2 aromatic rings. The predicted molar refractivity (Wildman–Crippen MR) is 101 cm³/mol. The minimum absolute atomic E-state index is 0.0160. The third-order valence-electron chi connectivity index (χ3n) is 3.44. The Morgan fingerprint density at radius 2 is 1.92 bits per heavy atom. The van der Waals surface area contributed by atoms with Crippen LogP contribution >= 0.6 is 22.7 Å². The van der Waals surface area contributed by atoms with Gasteiger partial charge in [-0.2, -0.15) is 0 Å². The normalized spacial score (nSPS) is 11.0. The lowest BCUT2D eigenvalue weighted by atomic mass is 10.3. The second-order valence-electron chi connectivity index (χ2n) is 5.36. The van der Waals surface area contributed by atoms with Crippen LogP contribution in [-0.2, 0) is 14.2 Å². The number of thiazole rings is 1. The SMILES string of the molecule is COCCOCCOCCN(C)C(=O)c1sc(-c2cccs2)nc1C. The molecule has 1 amide bonds. The van der Waals surface area contributed by atoms with E-state index in [1.807, 2.05) is 24.4 Å². The average molecular weight is 385 g/mol. The molecular weight excluding hydrogens is 360 g/mol. The van der Waals surface area contributed by atoms with Gasteiger partial charge < -0.3 is 19.1 Å². The van der Waals surface area contributed by atoms with Crippen molar-refractivity contribution in [1.29, 1.82) is 0 Å². The van der Waals surface area contributed by atoms with E-state index in [4.69, 9.17) is 14.2 Å². The third-order valence-corrected chi connectivity index (χ3v) is 5.63. The first kappa shape index (κ1) is 20.0. The van der Waals surface area contributed by atoms with E-state index in [9.17, 15) is 4.79 Å². The number of carbonyl (C=O) groups excluding carboxylic acids is 1. The second-order valence-corrected chi connectivity index (χ2v) is 7.30. The van der Waals surface area contributed by atoms with Gasteiger partial charge >= 0.3 is 0 Å². The quantitative estimate of drug-likeness (QED) is 0.558. The molecule has 6 nitrogen and oxygen atoms in total. The fourth-order valence-electron chi connectivity index (χ4n) is 2.04. The Bertz CT molecular complexity index is 643. The summed E-state index contributed by atoms with van der Waals surface area (Å²) in [4.78, 5) is 20.6. The molecule has 0 radical (unpaired) electrons. The lowest BCUT2D eigenvalue weighted by Gasteiger charge is -2.16. The van der Waals surface area contributed by atoms with Crippen LogP contribution in [0, 0.1) is 6.92 Å². The van der Waals surface area contributed by atoms with Crippen molar-refractivity contribution >= 4 is 28.6 Å². The average Bonchev–Trinajstić information content (AvgIpc) is 3.26. The number of ether oxygens (including phenoxy) is 3. The molecule has 138 valence electrons. The third kappa shape index (κ3) is 6.16. The first-order chi connectivity index (χ1) is 12.1. The predicted octanol–water partition coefficient (Wildman–Crippen LogP) is 2.93. The number of hydrogen-bond donors (Lipinski definition) is 0. The number of aryl methyl sites for hydroxylation is 1. The van der Waals surface area contributed by atoms with E-state index in [0.29, 0.717) is 44.5 Å². The number of rotatable bonds is 11. The van der Waals surface area contributed by atoms with Crippen LogP contribution < -0.4 is 0 Å². The molecular formula is C17H24N2O4S2. The minimum atomic E-state index is -0.0160. The molecule has 0 saturated carbocycles. The maximum Gasteiger partial charge on any atom is 0.265 e. The highest BCUT2D eigenvalue weighted by atomic mass is 32.1. The topological polar surface area (TPSA) is 60.9 Å². The molecule has 0 unspecified atom stereocenters. The van der Waals surface area contributed by atoms with Gasteiger partial charge in [-0.1, -0.05) is 6.07 Å². The van der Waals surface area contributed by atoms with Crippen molar-refractivity contribution in [3.63, 3.8) is 0 Å². The maximum absolute atomic E-state index is 12.6. The highest BCUT2D eigenvalue weighted by Gasteiger charge is 2.19. The van der Waals surface area contributed by atoms with Crippen LogP contribution in [0.2, 0.25) is 0 Å². The Morgan fingerprint density at radius 1 is 1.20 bits per heavy atom. The number of amides is 1. The molecule has 2 rings (SSSR count). The molecule has 2 aromatic heterocycles. The summed E-state index contributed by atoms with van der Waals surface area (Å²) >= 11 is 3.07. The minimum Gasteiger partial charge on any atom is -0.382 e. The second kappa shape index (κ2) is 10.6. The van der Waals surface area contributed by atoms with Crippen molar-refractivity contribution in [3.05, 3.63) is 28.1 Å². The summed E-state index contributed by atoms with van der Waals surface area (Å²) < 4.78 is 15.7. The van der Waals surface area contributed by atoms with Gasteiger partial charge in [-0.3, -0.25) is 4.79 Å². The molecule has 0 aliphatic heterocycles. The van der Waals surface area contributed by atoms with Crippen molar-refractivity contribution in [1.82, 2.24) is 9.88 Å². The molecule has 0 bridgehead atoms. The van der Waals surface area contributed by atoms with Crippen molar-refractivity contribution in [2.45, 2.75) is 6.92 Å². The monoisotopic (exact) mass is 384 g/mol. The Labute approximate surface area is 156 Å². The van der Waals surface area contributed by atoms with E-state index < -0.39 is 0 Å². The first-order valence-corrected chi connectivity index (χ1v) is 9.74. The number of hydrogen-bond acceptors (Lipinski definition) is 7. The number of likely N-dealkylation sites (N-methyl/N-ethyl adjacent to an activating group) is 1. The van der Waals surface area contributed by atoms with Gasteiger partial charge in [0.05, 0.1) is 43.6 Å². The number of methoxy groups -OCH3 is 1. The molecule has 0 fully saturated rings. The van der Waals surface area contributed by atoms with Crippen LogP contribution in [-0.4, -0.2) is 69.5 Å². The van der Waals surface area contributed by atoms with Gasteiger partial charge in [-0.25, -0.2) is 4.98 Å². The van der Waals surface area contributed by atoms with E-state index in [1.165, 1.54) is 11.3 Å². The number of aromatic nitrogens is 1. The molecule has 0 spiro atoms. The lowest BCUT2D eigenvalue weighted by molar-refractivity contribution is 0.0206. The van der Waals surface area contributed by atoms with Crippen molar-refractivity contribution < 1.29 is 19.0 Å². The van der Waals surface area contributed by atoms with E-state index >= 15 is 0 Å². The smallest absolute Gasteiger partial charge is 0.265 e. The summed E-state index contributed by atoms with van der Waals surface area (Å²) in [5.41, 5.74) is 0.776. The van der Waals surface area contributed by atoms with Gasteiger partial charge in [0.25, 0.3) is 5.91 Å². The van der Waals surface area contributed by atoms with Crippen LogP contribution in [0.5, 0.6) is 0 Å². The number of thiophene rings is 1. The fraction of sp³-hybridized carbons (Fsp3) is 0.529. The zero-order valence-corrected chi connectivity index (χ0v) is 16.5. The summed E-state index contributed by atoms with van der Waals surface area (Å²) in [5, 5.41) is 2.91. The van der Waals surface area contributed by atoms with Gasteiger partial charge in [0.2, 0.25) is 0 Å². The van der Waals surface area contributed by atoms with Crippen LogP contribution in [0.25, 0.3) is 9.88 Å². The Balaban J connectivity index is 1.75. The van der Waals surface area contributed by atoms with Gasteiger partial charge in [0.15, 0.2) is 0 Å². The summed E-state index contributed by atoms with van der Waals surface area (Å²) in [6.07, 6.45) is 0. The van der Waals surface area contributed by atoms with E-state index in [0.717, 1.165) is 15.6 Å². The fourth-order valence-corrected chi connectivity index (χ4v) is 3.90. The van der Waals surface area contributed by atoms with Crippen molar-refractivity contribution in [2.75, 3.05) is 53.7 Å². The summed E-state index contributed by atoms with van der Waals surface area (Å²) in [6, 6.07) is 4.00. The van der Waals surface area contributed by atoms with Crippen LogP contribution in [0.4, 0.5) is 0 Å². The molecule has 0 saturated heterocycles. The zero-order valence-electron chi connectivity index (χ0n) is 14.8. The van der Waals surface area contributed by atoms with Crippen LogP contribution in [0.15, 0.2) is 17.5 Å². The van der Waals surface area contributed by atoms with Gasteiger partial charge in [0.1, 0.15) is 9.88 Å². The van der Waals surface area contributed by atoms with Crippen LogP contribution in [0.3, 0.4) is 0 Å². The van der Waals surface area contributed by atoms with Gasteiger partial charge in [-0.05, 0) is 18.4 Å². The molecule has 8 heteroatoms. The van der Waals surface area contributed by atoms with E-state index in [-0.39, 0.29) is 5.91 Å². The summed E-state index contributed by atoms with van der Waals surface area (Å²) in [7, 11) is 3.42. The van der Waals surface area contributed by atoms with Crippen LogP contribution in [0.1, 0.15) is 15.4 Å². The van der Waals surface area contributed by atoms with Gasteiger partial charge in [0, 0.05) is 20.7 Å². The number of nitrogens with zero attached hydrogens (tertiary/aromatic N) is 2. The molecule has 0 aromatic carbocycles. The zero-order chi connectivity index (χ0) is 18.1. The van der Waals surface area contributed by atoms with Crippen molar-refractivity contribution in [2.24, 2.45) is 0 Å². The molecule has 25 heavy (non-hydrogen) atoms. The highest BCUT2D eigenvalue weighted by Crippen LogP contribution is 2.31. The van der Waals surface area contributed by atoms with Crippen molar-refractivity contribution in [3.8, 4) is 9.88 Å². The van der Waals surface area contributed by atoms with E-state index in [2.05, 4.69) is 4.98 Å². The summed E-state index contributed by atoms with van der Waals surface area (Å²) in [5.74, 6) is -0.0160. The molecule has 0 aliphatic rings. The molecule has 0 aliphatic carbocycles. The molecule has 0 atom stereocenters. The standard InChI is InChI=1S/C17H24N2O4S2/c1-13-15(25-16(18-13)14-5-4-12-24-14)17(20)19(2)6-7-22-10-11-23-9-8-21-3/h4-5,12H,6-11H2,1-3H3. The Morgan fingerprint density at radius 3 is 2.60 bits per heavy atom. The molecule has 0 N–H and O–H groups in total.